The molecular weight excluding hydrogens is 302 g/mol. The highest BCUT2D eigenvalue weighted by molar-refractivity contribution is 7.89. The van der Waals surface area contributed by atoms with Crippen molar-refractivity contribution in [2.45, 2.75) is 32.6 Å². The van der Waals surface area contributed by atoms with Gasteiger partial charge in [-0.25, -0.2) is 13.1 Å². The fraction of sp³-hybridized carbons (Fsp3) is 0.467. The average Bonchev–Trinajstić information content (AvgIpc) is 2.99. The fourth-order valence-corrected chi connectivity index (χ4v) is 3.20. The minimum atomic E-state index is -3.15. The maximum absolute atomic E-state index is 11.6. The zero-order chi connectivity index (χ0) is 15.8. The predicted molar refractivity (Wildman–Crippen MR) is 84.8 cm³/mol. The summed E-state index contributed by atoms with van der Waals surface area (Å²) >= 11 is 0. The van der Waals surface area contributed by atoms with E-state index in [4.69, 9.17) is 4.52 Å². The zero-order valence-corrected chi connectivity index (χ0v) is 13.5. The Labute approximate surface area is 131 Å². The molecule has 22 heavy (non-hydrogen) atoms. The summed E-state index contributed by atoms with van der Waals surface area (Å²) in [6.45, 7) is 2.35. The van der Waals surface area contributed by atoms with Crippen molar-refractivity contribution in [1.29, 1.82) is 0 Å². The molecule has 0 saturated heterocycles. The first-order valence-corrected chi connectivity index (χ1v) is 9.11. The Morgan fingerprint density at radius 3 is 2.68 bits per heavy atom. The molecule has 2 rings (SSSR count). The molecule has 0 bridgehead atoms. The second-order valence-electron chi connectivity index (χ2n) is 5.05. The normalized spacial score (nSPS) is 11.7. The number of nitrogens with one attached hydrogen (secondary N) is 1. The van der Waals surface area contributed by atoms with Gasteiger partial charge in [-0.1, -0.05) is 48.8 Å². The van der Waals surface area contributed by atoms with Crippen molar-refractivity contribution < 1.29 is 12.9 Å². The van der Waals surface area contributed by atoms with Gasteiger partial charge in [0.1, 0.15) is 0 Å². The molecule has 0 aliphatic carbocycles. The van der Waals surface area contributed by atoms with Crippen LogP contribution in [0.15, 0.2) is 34.9 Å². The standard InChI is InChI=1S/C15H21N3O3S/c1-2-3-12-22(19,20)16-11-7-10-14-17-15(18-21-14)13-8-5-4-6-9-13/h4-6,8-9,16H,2-3,7,10-12H2,1H3. The lowest BCUT2D eigenvalue weighted by Gasteiger charge is -2.04. The summed E-state index contributed by atoms with van der Waals surface area (Å²) in [4.78, 5) is 4.31. The lowest BCUT2D eigenvalue weighted by atomic mass is 10.2. The van der Waals surface area contributed by atoms with E-state index in [0.717, 1.165) is 12.0 Å². The van der Waals surface area contributed by atoms with Crippen LogP contribution in [0.5, 0.6) is 0 Å². The van der Waals surface area contributed by atoms with Crippen LogP contribution in [0.4, 0.5) is 0 Å². The highest BCUT2D eigenvalue weighted by Crippen LogP contribution is 2.15. The molecule has 0 unspecified atom stereocenters. The van der Waals surface area contributed by atoms with Gasteiger partial charge in [0.15, 0.2) is 0 Å². The highest BCUT2D eigenvalue weighted by Gasteiger charge is 2.10. The summed E-state index contributed by atoms with van der Waals surface area (Å²) in [5, 5.41) is 3.93. The Bertz CT molecular complexity index is 668. The van der Waals surface area contributed by atoms with Crippen LogP contribution in [0.2, 0.25) is 0 Å². The molecular formula is C15H21N3O3S. The molecule has 1 aromatic heterocycles. The Morgan fingerprint density at radius 2 is 1.95 bits per heavy atom. The second-order valence-corrected chi connectivity index (χ2v) is 6.97. The van der Waals surface area contributed by atoms with Crippen molar-refractivity contribution >= 4 is 10.0 Å². The molecule has 0 amide bonds. The maximum atomic E-state index is 11.6. The van der Waals surface area contributed by atoms with Crippen LogP contribution >= 0.6 is 0 Å². The first-order chi connectivity index (χ1) is 10.6. The van der Waals surface area contributed by atoms with Crippen molar-refractivity contribution in [1.82, 2.24) is 14.9 Å². The first kappa shape index (κ1) is 16.6. The van der Waals surface area contributed by atoms with Crippen LogP contribution in [0, 0.1) is 0 Å². The van der Waals surface area contributed by atoms with E-state index in [9.17, 15) is 8.42 Å². The Hall–Kier alpha value is -1.73. The molecule has 7 heteroatoms. The summed E-state index contributed by atoms with van der Waals surface area (Å²) in [7, 11) is -3.15. The quantitative estimate of drug-likeness (QED) is 0.716. The Kier molecular flexibility index (Phi) is 6.09. The number of aryl methyl sites for hydroxylation is 1. The fourth-order valence-electron chi connectivity index (χ4n) is 1.93. The third kappa shape index (κ3) is 5.23. The monoisotopic (exact) mass is 323 g/mol. The molecule has 1 heterocycles. The topological polar surface area (TPSA) is 85.1 Å². The van der Waals surface area contributed by atoms with E-state index in [1.807, 2.05) is 37.3 Å². The summed E-state index contributed by atoms with van der Waals surface area (Å²) in [6, 6.07) is 9.58. The van der Waals surface area contributed by atoms with Crippen LogP contribution in [-0.2, 0) is 16.4 Å². The van der Waals surface area contributed by atoms with Gasteiger partial charge in [-0.15, -0.1) is 0 Å². The van der Waals surface area contributed by atoms with Gasteiger partial charge in [0, 0.05) is 18.5 Å². The largest absolute Gasteiger partial charge is 0.339 e. The number of aromatic nitrogens is 2. The summed E-state index contributed by atoms with van der Waals surface area (Å²) < 4.78 is 31.0. The Balaban J connectivity index is 1.78. The lowest BCUT2D eigenvalue weighted by molar-refractivity contribution is 0.376. The number of benzene rings is 1. The van der Waals surface area contributed by atoms with Crippen molar-refractivity contribution in [3.63, 3.8) is 0 Å². The van der Waals surface area contributed by atoms with Crippen LogP contribution in [0.1, 0.15) is 32.1 Å². The van der Waals surface area contributed by atoms with Crippen molar-refractivity contribution in [3.05, 3.63) is 36.2 Å². The third-order valence-corrected chi connectivity index (χ3v) is 4.63. The second kappa shape index (κ2) is 8.05. The molecule has 120 valence electrons. The predicted octanol–water partition coefficient (Wildman–Crippen LogP) is 2.39. The number of sulfonamides is 1. The molecule has 0 fully saturated rings. The number of rotatable bonds is 9. The number of hydrogen-bond donors (Lipinski definition) is 1. The smallest absolute Gasteiger partial charge is 0.227 e. The van der Waals surface area contributed by atoms with Crippen LogP contribution in [0.3, 0.4) is 0 Å². The maximum Gasteiger partial charge on any atom is 0.227 e. The summed E-state index contributed by atoms with van der Waals surface area (Å²) in [5.41, 5.74) is 0.901. The van der Waals surface area contributed by atoms with Gasteiger partial charge in [-0.3, -0.25) is 0 Å². The highest BCUT2D eigenvalue weighted by atomic mass is 32.2. The summed E-state index contributed by atoms with van der Waals surface area (Å²) in [6.07, 6.45) is 2.72. The van der Waals surface area contributed by atoms with E-state index < -0.39 is 10.0 Å². The molecule has 0 aliphatic heterocycles. The van der Waals surface area contributed by atoms with Gasteiger partial charge >= 0.3 is 0 Å². The first-order valence-electron chi connectivity index (χ1n) is 7.46. The minimum absolute atomic E-state index is 0.183. The Morgan fingerprint density at radius 1 is 1.18 bits per heavy atom. The SMILES string of the molecule is CCCCS(=O)(=O)NCCCc1nc(-c2ccccc2)no1. The molecule has 0 saturated carbocycles. The van der Waals surface area contributed by atoms with Gasteiger partial charge in [0.25, 0.3) is 0 Å². The van der Waals surface area contributed by atoms with E-state index in [0.29, 0.717) is 37.5 Å². The van der Waals surface area contributed by atoms with Gasteiger partial charge in [-0.2, -0.15) is 4.98 Å². The lowest BCUT2D eigenvalue weighted by Crippen LogP contribution is -2.27. The van der Waals surface area contributed by atoms with Crippen molar-refractivity contribution in [2.75, 3.05) is 12.3 Å². The van der Waals surface area contributed by atoms with Gasteiger partial charge in [0.2, 0.25) is 21.7 Å². The molecule has 1 aromatic carbocycles. The van der Waals surface area contributed by atoms with Crippen molar-refractivity contribution in [3.8, 4) is 11.4 Å². The van der Waals surface area contributed by atoms with E-state index in [2.05, 4.69) is 14.9 Å². The van der Waals surface area contributed by atoms with Gasteiger partial charge in [-0.05, 0) is 12.8 Å². The number of unbranched alkanes of at least 4 members (excludes halogenated alkanes) is 1. The van der Waals surface area contributed by atoms with Gasteiger partial charge < -0.3 is 4.52 Å². The van der Waals surface area contributed by atoms with Gasteiger partial charge in [0.05, 0.1) is 5.75 Å². The van der Waals surface area contributed by atoms with Crippen LogP contribution < -0.4 is 4.72 Å². The molecule has 0 spiro atoms. The van der Waals surface area contributed by atoms with E-state index >= 15 is 0 Å². The average molecular weight is 323 g/mol. The number of hydrogen-bond acceptors (Lipinski definition) is 5. The molecule has 0 aliphatic rings. The molecule has 2 aromatic rings. The molecule has 1 N–H and O–H groups in total. The van der Waals surface area contributed by atoms with E-state index in [1.165, 1.54) is 0 Å². The molecule has 6 nitrogen and oxygen atoms in total. The summed E-state index contributed by atoms with van der Waals surface area (Å²) in [5.74, 6) is 1.26. The zero-order valence-electron chi connectivity index (χ0n) is 12.7. The van der Waals surface area contributed by atoms with E-state index in [-0.39, 0.29) is 5.75 Å². The van der Waals surface area contributed by atoms with Crippen LogP contribution in [-0.4, -0.2) is 30.9 Å². The van der Waals surface area contributed by atoms with Crippen LogP contribution in [0.25, 0.3) is 11.4 Å². The molecule has 0 radical (unpaired) electrons. The minimum Gasteiger partial charge on any atom is -0.339 e. The third-order valence-electron chi connectivity index (χ3n) is 3.16. The molecule has 0 atom stereocenters. The van der Waals surface area contributed by atoms with Crippen molar-refractivity contribution in [2.24, 2.45) is 0 Å². The number of nitrogens with zero attached hydrogens (tertiary/aromatic N) is 2. The van der Waals surface area contributed by atoms with E-state index in [1.54, 1.807) is 0 Å².